The van der Waals surface area contributed by atoms with Crippen LogP contribution in [0.2, 0.25) is 0 Å². The topological polar surface area (TPSA) is 78.9 Å². The first kappa shape index (κ1) is 12.4. The molecule has 0 saturated heterocycles. The van der Waals surface area contributed by atoms with Crippen molar-refractivity contribution in [1.82, 2.24) is 0 Å². The van der Waals surface area contributed by atoms with Gasteiger partial charge in [0, 0.05) is 0 Å². The molecule has 14 heavy (non-hydrogen) atoms. The summed E-state index contributed by atoms with van der Waals surface area (Å²) < 4.78 is 13.5. The zero-order chi connectivity index (χ0) is 10.6. The van der Waals surface area contributed by atoms with Crippen LogP contribution < -0.4 is 0 Å². The van der Waals surface area contributed by atoms with Gasteiger partial charge in [-0.05, 0) is 12.8 Å². The average Bonchev–Trinajstić information content (AvgIpc) is 2.20. The maximum Gasteiger partial charge on any atom is 0.293 e. The molecule has 0 aliphatic carbocycles. The average molecular weight is 204 g/mol. The van der Waals surface area contributed by atoms with Gasteiger partial charge in [0.1, 0.15) is 12.7 Å². The summed E-state index contributed by atoms with van der Waals surface area (Å²) in [6.07, 6.45) is 0.535. The third-order valence-corrected chi connectivity index (χ3v) is 1.45. The summed E-state index contributed by atoms with van der Waals surface area (Å²) in [5, 5.41) is 0. The smallest absolute Gasteiger partial charge is 0.293 e. The molecule has 0 aliphatic rings. The molecule has 0 fully saturated rings. The van der Waals surface area contributed by atoms with E-state index in [0.29, 0.717) is 25.8 Å². The van der Waals surface area contributed by atoms with Crippen molar-refractivity contribution in [2.75, 3.05) is 13.2 Å². The van der Waals surface area contributed by atoms with Gasteiger partial charge in [0.05, 0.1) is 6.61 Å². The predicted octanol–water partition coefficient (Wildman–Crippen LogP) is -0.346. The fourth-order valence-electron chi connectivity index (χ4n) is 0.858. The van der Waals surface area contributed by atoms with Gasteiger partial charge in [-0.1, -0.05) is 0 Å². The molecule has 0 spiro atoms. The van der Waals surface area contributed by atoms with Crippen LogP contribution in [0.5, 0.6) is 0 Å². The number of rotatable bonds is 10. The Kier molecular flexibility index (Phi) is 8.42. The van der Waals surface area contributed by atoms with Crippen molar-refractivity contribution < 1.29 is 28.6 Å². The monoisotopic (exact) mass is 204 g/mol. The highest BCUT2D eigenvalue weighted by Gasteiger charge is 2.09. The second-order valence-electron chi connectivity index (χ2n) is 2.39. The summed E-state index contributed by atoms with van der Waals surface area (Å²) >= 11 is 0. The Morgan fingerprint density at radius 1 is 1.00 bits per heavy atom. The molecule has 0 bridgehead atoms. The van der Waals surface area contributed by atoms with E-state index in [4.69, 9.17) is 0 Å². The summed E-state index contributed by atoms with van der Waals surface area (Å²) in [7, 11) is 0. The maximum atomic E-state index is 10.0. The number of hydrogen-bond acceptors (Lipinski definition) is 6. The van der Waals surface area contributed by atoms with Crippen molar-refractivity contribution in [2.24, 2.45) is 0 Å². The molecular formula is C8H12O6. The van der Waals surface area contributed by atoms with Crippen molar-refractivity contribution in [1.29, 1.82) is 0 Å². The Hall–Kier alpha value is -1.59. The quantitative estimate of drug-likeness (QED) is 0.275. The fraction of sp³-hybridized carbons (Fsp3) is 0.625. The van der Waals surface area contributed by atoms with Gasteiger partial charge in [-0.15, -0.1) is 0 Å². The third-order valence-electron chi connectivity index (χ3n) is 1.45. The Morgan fingerprint density at radius 2 is 1.71 bits per heavy atom. The molecule has 6 heteroatoms. The molecule has 0 amide bonds. The van der Waals surface area contributed by atoms with E-state index in [1.165, 1.54) is 0 Å². The van der Waals surface area contributed by atoms with Crippen LogP contribution in [0.4, 0.5) is 0 Å². The van der Waals surface area contributed by atoms with Gasteiger partial charge in [-0.25, -0.2) is 0 Å². The van der Waals surface area contributed by atoms with E-state index in [1.807, 2.05) is 0 Å². The maximum absolute atomic E-state index is 10.0. The van der Waals surface area contributed by atoms with E-state index >= 15 is 0 Å². The van der Waals surface area contributed by atoms with Crippen LogP contribution in [0, 0.1) is 0 Å². The molecule has 80 valence electrons. The Bertz CT molecular complexity index is 169. The minimum Gasteiger partial charge on any atom is -0.468 e. The normalized spacial score (nSPS) is 11.1. The Labute approximate surface area is 81.1 Å². The number of carbonyl (C=O) groups excluding carboxylic acids is 3. The van der Waals surface area contributed by atoms with Gasteiger partial charge in [-0.2, -0.15) is 0 Å². The molecule has 0 rings (SSSR count). The molecular weight excluding hydrogens is 192 g/mol. The zero-order valence-corrected chi connectivity index (χ0v) is 7.59. The highest BCUT2D eigenvalue weighted by Crippen LogP contribution is 2.01. The van der Waals surface area contributed by atoms with E-state index in [-0.39, 0.29) is 19.7 Å². The molecule has 1 unspecified atom stereocenters. The summed E-state index contributed by atoms with van der Waals surface area (Å²) in [5.41, 5.74) is 0. The van der Waals surface area contributed by atoms with E-state index in [1.54, 1.807) is 0 Å². The second kappa shape index (κ2) is 9.50. The van der Waals surface area contributed by atoms with Crippen LogP contribution in [0.1, 0.15) is 12.8 Å². The van der Waals surface area contributed by atoms with Gasteiger partial charge in [0.25, 0.3) is 19.4 Å². The van der Waals surface area contributed by atoms with Crippen LogP contribution in [-0.2, 0) is 28.6 Å². The number of ether oxygens (including phenoxy) is 3. The molecule has 0 aromatic carbocycles. The number of carbonyl (C=O) groups is 3. The molecule has 6 nitrogen and oxygen atoms in total. The largest absolute Gasteiger partial charge is 0.468 e. The van der Waals surface area contributed by atoms with Gasteiger partial charge < -0.3 is 14.2 Å². The van der Waals surface area contributed by atoms with E-state index < -0.39 is 6.10 Å². The van der Waals surface area contributed by atoms with Gasteiger partial charge in [0.2, 0.25) is 0 Å². The Balaban J connectivity index is 3.54. The molecule has 0 radical (unpaired) electrons. The minimum atomic E-state index is -0.479. The molecule has 0 N–H and O–H groups in total. The van der Waals surface area contributed by atoms with Crippen molar-refractivity contribution in [3.8, 4) is 0 Å². The lowest BCUT2D eigenvalue weighted by molar-refractivity contribution is -0.143. The third kappa shape index (κ3) is 7.08. The first-order valence-electron chi connectivity index (χ1n) is 4.04. The van der Waals surface area contributed by atoms with E-state index in [0.717, 1.165) is 0 Å². The lowest BCUT2D eigenvalue weighted by atomic mass is 10.2. The predicted molar refractivity (Wildman–Crippen MR) is 44.2 cm³/mol. The van der Waals surface area contributed by atoms with Crippen molar-refractivity contribution in [2.45, 2.75) is 18.9 Å². The van der Waals surface area contributed by atoms with Crippen molar-refractivity contribution >= 4 is 19.4 Å². The molecule has 0 aromatic heterocycles. The van der Waals surface area contributed by atoms with Crippen LogP contribution in [0.3, 0.4) is 0 Å². The lowest BCUT2D eigenvalue weighted by Gasteiger charge is -2.12. The first-order chi connectivity index (χ1) is 6.85. The van der Waals surface area contributed by atoms with E-state index in [9.17, 15) is 14.4 Å². The van der Waals surface area contributed by atoms with Gasteiger partial charge >= 0.3 is 0 Å². The number of hydrogen-bond donors (Lipinski definition) is 0. The highest BCUT2D eigenvalue weighted by molar-refractivity contribution is 5.38. The first-order valence-corrected chi connectivity index (χ1v) is 4.04. The molecule has 1 atom stereocenters. The lowest BCUT2D eigenvalue weighted by Crippen LogP contribution is -2.19. The Morgan fingerprint density at radius 3 is 2.29 bits per heavy atom. The molecule has 0 aliphatic heterocycles. The SMILES string of the molecule is O=COCCCC(COC=O)OC=O. The zero-order valence-electron chi connectivity index (χ0n) is 7.59. The fourth-order valence-corrected chi connectivity index (χ4v) is 0.858. The summed E-state index contributed by atoms with van der Waals surface area (Å²) in [6.45, 7) is 1.19. The summed E-state index contributed by atoms with van der Waals surface area (Å²) in [6, 6.07) is 0. The minimum absolute atomic E-state index is 0.0172. The molecule has 0 saturated carbocycles. The highest BCUT2D eigenvalue weighted by atomic mass is 16.6. The second-order valence-corrected chi connectivity index (χ2v) is 2.39. The van der Waals surface area contributed by atoms with Gasteiger partial charge in [0.15, 0.2) is 0 Å². The van der Waals surface area contributed by atoms with Gasteiger partial charge in [-0.3, -0.25) is 14.4 Å². The van der Waals surface area contributed by atoms with Crippen molar-refractivity contribution in [3.05, 3.63) is 0 Å². The summed E-state index contributed by atoms with van der Waals surface area (Å²) in [5.74, 6) is 0. The van der Waals surface area contributed by atoms with E-state index in [2.05, 4.69) is 14.2 Å². The van der Waals surface area contributed by atoms with Crippen LogP contribution >= 0.6 is 0 Å². The summed E-state index contributed by atoms with van der Waals surface area (Å²) in [4.78, 5) is 29.6. The van der Waals surface area contributed by atoms with Crippen LogP contribution in [0.15, 0.2) is 0 Å². The van der Waals surface area contributed by atoms with Crippen LogP contribution in [-0.4, -0.2) is 38.7 Å². The van der Waals surface area contributed by atoms with Crippen LogP contribution in [0.25, 0.3) is 0 Å². The molecule has 0 aromatic rings. The molecule has 0 heterocycles. The standard InChI is InChI=1S/C8H12O6/c9-5-12-3-1-2-8(14-7-11)4-13-6-10/h5-8H,1-4H2. The van der Waals surface area contributed by atoms with Crippen molar-refractivity contribution in [3.63, 3.8) is 0 Å².